The molecular weight excluding hydrogens is 259 g/mol. The summed E-state index contributed by atoms with van der Waals surface area (Å²) < 4.78 is 14.0. The fourth-order valence-electron chi connectivity index (χ4n) is 2.78. The Morgan fingerprint density at radius 2 is 1.19 bits per heavy atom. The van der Waals surface area contributed by atoms with Gasteiger partial charge in [0, 0.05) is 5.92 Å². The Bertz CT molecular complexity index is 678. The van der Waals surface area contributed by atoms with E-state index in [4.69, 9.17) is 0 Å². The van der Waals surface area contributed by atoms with Crippen molar-refractivity contribution in [1.29, 1.82) is 0 Å². The normalized spacial score (nSPS) is 10.8. The van der Waals surface area contributed by atoms with Gasteiger partial charge < -0.3 is 0 Å². The van der Waals surface area contributed by atoms with Gasteiger partial charge in [0.05, 0.1) is 0 Å². The molecule has 0 aliphatic carbocycles. The molecular formula is C20H17F. The van der Waals surface area contributed by atoms with Gasteiger partial charge in [0.25, 0.3) is 0 Å². The molecule has 0 unspecified atom stereocenters. The van der Waals surface area contributed by atoms with E-state index in [1.165, 1.54) is 17.2 Å². The molecule has 1 heteroatoms. The molecule has 0 radical (unpaired) electrons. The minimum Gasteiger partial charge on any atom is -0.207 e. The molecule has 0 N–H and O–H groups in total. The number of halogens is 1. The molecule has 104 valence electrons. The first-order valence-corrected chi connectivity index (χ1v) is 7.12. The van der Waals surface area contributed by atoms with Gasteiger partial charge in [-0.3, -0.25) is 0 Å². The topological polar surface area (TPSA) is 0 Å². The molecule has 0 bridgehead atoms. The molecule has 0 aliphatic heterocycles. The van der Waals surface area contributed by atoms with Crippen LogP contribution in [0.5, 0.6) is 0 Å². The zero-order valence-corrected chi connectivity index (χ0v) is 12.0. The van der Waals surface area contributed by atoms with E-state index in [9.17, 15) is 4.39 Å². The first-order chi connectivity index (χ1) is 10.3. The van der Waals surface area contributed by atoms with E-state index in [0.29, 0.717) is 0 Å². The lowest BCUT2D eigenvalue weighted by atomic mass is 9.83. The Labute approximate surface area is 124 Å². The Hall–Kier alpha value is -2.41. The highest BCUT2D eigenvalue weighted by Gasteiger charge is 2.19. The van der Waals surface area contributed by atoms with Gasteiger partial charge in [-0.15, -0.1) is 0 Å². The summed E-state index contributed by atoms with van der Waals surface area (Å²) in [6.07, 6.45) is 0. The van der Waals surface area contributed by atoms with Gasteiger partial charge in [-0.1, -0.05) is 72.8 Å². The number of hydrogen-bond donors (Lipinski definition) is 0. The molecule has 0 saturated carbocycles. The summed E-state index contributed by atoms with van der Waals surface area (Å²) in [5, 5.41) is 0. The lowest BCUT2D eigenvalue weighted by Gasteiger charge is -2.21. The second kappa shape index (κ2) is 5.92. The molecule has 21 heavy (non-hydrogen) atoms. The number of rotatable bonds is 3. The lowest BCUT2D eigenvalue weighted by Crippen LogP contribution is -2.06. The fourth-order valence-corrected chi connectivity index (χ4v) is 2.78. The first kappa shape index (κ1) is 13.6. The zero-order chi connectivity index (χ0) is 14.7. The van der Waals surface area contributed by atoms with Crippen LogP contribution >= 0.6 is 0 Å². The second-order valence-electron chi connectivity index (χ2n) is 5.21. The van der Waals surface area contributed by atoms with Crippen molar-refractivity contribution in [2.24, 2.45) is 0 Å². The third-order valence-corrected chi connectivity index (χ3v) is 3.89. The maximum Gasteiger partial charge on any atom is 0.126 e. The summed E-state index contributed by atoms with van der Waals surface area (Å²) in [6, 6.07) is 25.8. The van der Waals surface area contributed by atoms with Gasteiger partial charge in [-0.25, -0.2) is 4.39 Å². The van der Waals surface area contributed by atoms with Crippen LogP contribution in [0.3, 0.4) is 0 Å². The molecule has 0 saturated heterocycles. The average molecular weight is 276 g/mol. The standard InChI is InChI=1S/C20H17F/c1-15-18(13-8-14-19(15)21)20(16-9-4-2-5-10-16)17-11-6-3-7-12-17/h2-14,20H,1H3. The van der Waals surface area contributed by atoms with Crippen molar-refractivity contribution < 1.29 is 4.39 Å². The summed E-state index contributed by atoms with van der Waals surface area (Å²) >= 11 is 0. The van der Waals surface area contributed by atoms with Crippen molar-refractivity contribution in [2.75, 3.05) is 0 Å². The average Bonchev–Trinajstić information content (AvgIpc) is 2.54. The molecule has 0 atom stereocenters. The van der Waals surface area contributed by atoms with Crippen LogP contribution in [0.2, 0.25) is 0 Å². The van der Waals surface area contributed by atoms with E-state index < -0.39 is 0 Å². The molecule has 3 rings (SSSR count). The van der Waals surface area contributed by atoms with E-state index in [0.717, 1.165) is 11.1 Å². The lowest BCUT2D eigenvalue weighted by molar-refractivity contribution is 0.614. The Morgan fingerprint density at radius 3 is 1.71 bits per heavy atom. The SMILES string of the molecule is Cc1c(F)cccc1C(c1ccccc1)c1ccccc1. The molecule has 3 aromatic rings. The Balaban J connectivity index is 2.20. The molecule has 0 aromatic heterocycles. The smallest absolute Gasteiger partial charge is 0.126 e. The second-order valence-corrected chi connectivity index (χ2v) is 5.21. The Kier molecular flexibility index (Phi) is 3.83. The summed E-state index contributed by atoms with van der Waals surface area (Å²) in [5.41, 5.74) is 4.09. The van der Waals surface area contributed by atoms with Crippen LogP contribution in [0.25, 0.3) is 0 Å². The first-order valence-electron chi connectivity index (χ1n) is 7.12. The maximum absolute atomic E-state index is 14.0. The predicted octanol–water partition coefficient (Wildman–Crippen LogP) is 5.31. The van der Waals surface area contributed by atoms with E-state index in [1.807, 2.05) is 49.4 Å². The minimum absolute atomic E-state index is 0.0584. The molecule has 0 aliphatic rings. The Morgan fingerprint density at radius 1 is 0.667 bits per heavy atom. The van der Waals surface area contributed by atoms with E-state index >= 15 is 0 Å². The molecule has 0 amide bonds. The summed E-state index contributed by atoms with van der Waals surface area (Å²) in [5.74, 6) is -0.0903. The third kappa shape index (κ3) is 2.73. The van der Waals surface area contributed by atoms with Gasteiger partial charge in [-0.05, 0) is 35.2 Å². The van der Waals surface area contributed by atoms with Gasteiger partial charge in [0.1, 0.15) is 5.82 Å². The highest BCUT2D eigenvalue weighted by molar-refractivity contribution is 5.46. The molecule has 3 aromatic carbocycles. The molecule has 0 nitrogen and oxygen atoms in total. The molecule has 0 heterocycles. The van der Waals surface area contributed by atoms with E-state index in [2.05, 4.69) is 24.3 Å². The molecule has 0 spiro atoms. The largest absolute Gasteiger partial charge is 0.207 e. The molecule has 0 fully saturated rings. The van der Waals surface area contributed by atoms with Crippen molar-refractivity contribution >= 4 is 0 Å². The summed E-state index contributed by atoms with van der Waals surface area (Å²) in [6.45, 7) is 1.85. The van der Waals surface area contributed by atoms with Gasteiger partial charge in [0.15, 0.2) is 0 Å². The highest BCUT2D eigenvalue weighted by Crippen LogP contribution is 2.34. The van der Waals surface area contributed by atoms with Crippen molar-refractivity contribution in [3.63, 3.8) is 0 Å². The highest BCUT2D eigenvalue weighted by atomic mass is 19.1. The summed E-state index contributed by atoms with van der Waals surface area (Å²) in [4.78, 5) is 0. The maximum atomic E-state index is 14.0. The predicted molar refractivity (Wildman–Crippen MR) is 85.0 cm³/mol. The quantitative estimate of drug-likeness (QED) is 0.568. The van der Waals surface area contributed by atoms with Crippen LogP contribution in [0.4, 0.5) is 4.39 Å². The van der Waals surface area contributed by atoms with Crippen molar-refractivity contribution in [2.45, 2.75) is 12.8 Å². The van der Waals surface area contributed by atoms with Gasteiger partial charge in [0.2, 0.25) is 0 Å². The van der Waals surface area contributed by atoms with Crippen molar-refractivity contribution in [3.05, 3.63) is 107 Å². The van der Waals surface area contributed by atoms with Crippen LogP contribution in [-0.4, -0.2) is 0 Å². The van der Waals surface area contributed by atoms with E-state index in [1.54, 1.807) is 6.07 Å². The van der Waals surface area contributed by atoms with Crippen molar-refractivity contribution in [1.82, 2.24) is 0 Å². The van der Waals surface area contributed by atoms with Gasteiger partial charge in [-0.2, -0.15) is 0 Å². The minimum atomic E-state index is -0.149. The van der Waals surface area contributed by atoms with E-state index in [-0.39, 0.29) is 11.7 Å². The van der Waals surface area contributed by atoms with Gasteiger partial charge >= 0.3 is 0 Å². The third-order valence-electron chi connectivity index (χ3n) is 3.89. The number of benzene rings is 3. The zero-order valence-electron chi connectivity index (χ0n) is 12.0. The van der Waals surface area contributed by atoms with Crippen LogP contribution in [0.1, 0.15) is 28.2 Å². The monoisotopic (exact) mass is 276 g/mol. The van der Waals surface area contributed by atoms with Crippen LogP contribution in [0, 0.1) is 12.7 Å². The summed E-state index contributed by atoms with van der Waals surface area (Å²) in [7, 11) is 0. The van der Waals surface area contributed by atoms with Crippen LogP contribution < -0.4 is 0 Å². The van der Waals surface area contributed by atoms with Crippen LogP contribution in [0.15, 0.2) is 78.9 Å². The van der Waals surface area contributed by atoms with Crippen LogP contribution in [-0.2, 0) is 0 Å². The van der Waals surface area contributed by atoms with Crippen molar-refractivity contribution in [3.8, 4) is 0 Å². The number of hydrogen-bond acceptors (Lipinski definition) is 0. The fraction of sp³-hybridized carbons (Fsp3) is 0.100.